The average molecular weight is 282 g/mol. The number of carboxylic acids is 1. The Balaban J connectivity index is 2.63. The smallest absolute Gasteiger partial charge is 0.319 e. The van der Waals surface area contributed by atoms with Gasteiger partial charge in [0.15, 0.2) is 0 Å². The van der Waals surface area contributed by atoms with Crippen LogP contribution in [0.1, 0.15) is 13.8 Å². The summed E-state index contributed by atoms with van der Waals surface area (Å²) in [6.45, 7) is 3.22. The lowest BCUT2D eigenvalue weighted by Crippen LogP contribution is -2.42. The lowest BCUT2D eigenvalue weighted by Gasteiger charge is -2.18. The monoisotopic (exact) mass is 282 g/mol. The van der Waals surface area contributed by atoms with Crippen molar-refractivity contribution in [3.05, 3.63) is 24.3 Å². The van der Waals surface area contributed by atoms with Crippen molar-refractivity contribution in [3.8, 4) is 0 Å². The third-order valence-corrected chi connectivity index (χ3v) is 3.65. The third kappa shape index (κ3) is 4.48. The molecule has 6 heteroatoms. The molecule has 0 saturated carbocycles. The number of urea groups is 1. The van der Waals surface area contributed by atoms with Gasteiger partial charge in [0.25, 0.3) is 0 Å². The van der Waals surface area contributed by atoms with Crippen LogP contribution in [-0.2, 0) is 4.79 Å². The number of anilines is 1. The third-order valence-electron chi connectivity index (χ3n) is 2.85. The summed E-state index contributed by atoms with van der Waals surface area (Å²) in [4.78, 5) is 23.6. The van der Waals surface area contributed by atoms with Crippen LogP contribution in [0.5, 0.6) is 0 Å². The summed E-state index contributed by atoms with van der Waals surface area (Å²) >= 11 is 1.53. The predicted molar refractivity (Wildman–Crippen MR) is 76.6 cm³/mol. The van der Waals surface area contributed by atoms with E-state index < -0.39 is 24.0 Å². The van der Waals surface area contributed by atoms with E-state index >= 15 is 0 Å². The number of nitrogens with one attached hydrogen (secondary N) is 2. The molecule has 0 radical (unpaired) electrons. The molecule has 0 aliphatic rings. The maximum Gasteiger partial charge on any atom is 0.319 e. The lowest BCUT2D eigenvalue weighted by atomic mass is 10.0. The first kappa shape index (κ1) is 15.4. The first-order valence-corrected chi connectivity index (χ1v) is 7.11. The molecule has 1 aromatic carbocycles. The van der Waals surface area contributed by atoms with Gasteiger partial charge in [0.1, 0.15) is 0 Å². The molecule has 0 aromatic heterocycles. The van der Waals surface area contributed by atoms with Crippen molar-refractivity contribution in [3.63, 3.8) is 0 Å². The van der Waals surface area contributed by atoms with E-state index in [1.807, 2.05) is 24.5 Å². The summed E-state index contributed by atoms with van der Waals surface area (Å²) in [6.07, 6.45) is 1.92. The van der Waals surface area contributed by atoms with E-state index in [1.54, 1.807) is 19.9 Å². The number of carboxylic acid groups (broad SMARTS) is 1. The fourth-order valence-electron chi connectivity index (χ4n) is 1.45. The Kier molecular flexibility index (Phi) is 5.69. The SMILES string of the molecule is CSc1ccccc1NC(=O)NC(C)C(C)C(=O)O. The fourth-order valence-corrected chi connectivity index (χ4v) is 2.01. The Morgan fingerprint density at radius 2 is 1.89 bits per heavy atom. The fraction of sp³-hybridized carbons (Fsp3) is 0.385. The molecular weight excluding hydrogens is 264 g/mol. The van der Waals surface area contributed by atoms with Gasteiger partial charge in [-0.3, -0.25) is 4.79 Å². The second-order valence-electron chi connectivity index (χ2n) is 4.21. The molecule has 1 rings (SSSR count). The molecule has 2 atom stereocenters. The highest BCUT2D eigenvalue weighted by Gasteiger charge is 2.21. The van der Waals surface area contributed by atoms with Crippen LogP contribution in [-0.4, -0.2) is 29.4 Å². The second kappa shape index (κ2) is 7.04. The summed E-state index contributed by atoms with van der Waals surface area (Å²) < 4.78 is 0. The first-order valence-electron chi connectivity index (χ1n) is 5.89. The van der Waals surface area contributed by atoms with Crippen LogP contribution in [0.25, 0.3) is 0 Å². The van der Waals surface area contributed by atoms with E-state index in [9.17, 15) is 9.59 Å². The standard InChI is InChI=1S/C13H18N2O3S/c1-8(12(16)17)9(2)14-13(18)15-10-6-4-5-7-11(10)19-3/h4-9H,1-3H3,(H,16,17)(H2,14,15,18). The Bertz CT molecular complexity index is 465. The van der Waals surface area contributed by atoms with Crippen LogP contribution in [0.4, 0.5) is 10.5 Å². The van der Waals surface area contributed by atoms with Gasteiger partial charge in [0.05, 0.1) is 11.6 Å². The maximum atomic E-state index is 11.8. The Labute approximate surface area is 116 Å². The Morgan fingerprint density at radius 1 is 1.26 bits per heavy atom. The number of rotatable bonds is 5. The van der Waals surface area contributed by atoms with Crippen molar-refractivity contribution in [2.24, 2.45) is 5.92 Å². The summed E-state index contributed by atoms with van der Waals surface area (Å²) in [7, 11) is 0. The minimum absolute atomic E-state index is 0.401. The van der Waals surface area contributed by atoms with Crippen molar-refractivity contribution in [1.82, 2.24) is 5.32 Å². The van der Waals surface area contributed by atoms with Gasteiger partial charge in [-0.15, -0.1) is 11.8 Å². The number of benzene rings is 1. The van der Waals surface area contributed by atoms with Gasteiger partial charge in [-0.2, -0.15) is 0 Å². The number of thioether (sulfide) groups is 1. The predicted octanol–water partition coefficient (Wildman–Crippen LogP) is 2.64. The molecule has 2 amide bonds. The normalized spacial score (nSPS) is 13.4. The van der Waals surface area contributed by atoms with Crippen molar-refractivity contribution >= 4 is 29.4 Å². The van der Waals surface area contributed by atoms with Crippen LogP contribution in [0.2, 0.25) is 0 Å². The average Bonchev–Trinajstić information content (AvgIpc) is 2.38. The van der Waals surface area contributed by atoms with Crippen molar-refractivity contribution in [1.29, 1.82) is 0 Å². The largest absolute Gasteiger partial charge is 0.481 e. The van der Waals surface area contributed by atoms with Gasteiger partial charge < -0.3 is 15.7 Å². The van der Waals surface area contributed by atoms with Gasteiger partial charge in [0, 0.05) is 10.9 Å². The first-order chi connectivity index (χ1) is 8.95. The van der Waals surface area contributed by atoms with E-state index in [1.165, 1.54) is 11.8 Å². The number of amides is 2. The van der Waals surface area contributed by atoms with Crippen LogP contribution >= 0.6 is 11.8 Å². The quantitative estimate of drug-likeness (QED) is 0.725. The molecule has 0 bridgehead atoms. The summed E-state index contributed by atoms with van der Waals surface area (Å²) in [6, 6.07) is 6.59. The Hall–Kier alpha value is -1.69. The summed E-state index contributed by atoms with van der Waals surface area (Å²) in [5, 5.41) is 14.2. The molecule has 0 heterocycles. The lowest BCUT2D eigenvalue weighted by molar-refractivity contribution is -0.141. The number of hydrogen-bond donors (Lipinski definition) is 3. The molecule has 104 valence electrons. The second-order valence-corrected chi connectivity index (χ2v) is 5.06. The van der Waals surface area contributed by atoms with Crippen LogP contribution < -0.4 is 10.6 Å². The molecule has 0 aliphatic heterocycles. The van der Waals surface area contributed by atoms with E-state index in [2.05, 4.69) is 10.6 Å². The zero-order valence-corrected chi connectivity index (χ0v) is 12.0. The molecule has 0 saturated heterocycles. The van der Waals surface area contributed by atoms with Crippen LogP contribution in [0.3, 0.4) is 0 Å². The zero-order valence-electron chi connectivity index (χ0n) is 11.1. The molecule has 5 nitrogen and oxygen atoms in total. The van der Waals surface area contributed by atoms with E-state index in [0.29, 0.717) is 5.69 Å². The topological polar surface area (TPSA) is 78.4 Å². The van der Waals surface area contributed by atoms with Gasteiger partial charge in [-0.25, -0.2) is 4.79 Å². The number of carbonyl (C=O) groups is 2. The molecule has 19 heavy (non-hydrogen) atoms. The zero-order chi connectivity index (χ0) is 14.4. The van der Waals surface area contributed by atoms with Crippen LogP contribution in [0, 0.1) is 5.92 Å². The number of para-hydroxylation sites is 1. The highest BCUT2D eigenvalue weighted by Crippen LogP contribution is 2.24. The minimum Gasteiger partial charge on any atom is -0.481 e. The maximum absolute atomic E-state index is 11.8. The van der Waals surface area contributed by atoms with E-state index in [0.717, 1.165) is 4.90 Å². The molecule has 0 fully saturated rings. The van der Waals surface area contributed by atoms with E-state index in [-0.39, 0.29) is 0 Å². The minimum atomic E-state index is -0.933. The Morgan fingerprint density at radius 3 is 2.47 bits per heavy atom. The van der Waals surface area contributed by atoms with Gasteiger partial charge in [-0.05, 0) is 32.2 Å². The molecule has 3 N–H and O–H groups in total. The van der Waals surface area contributed by atoms with Crippen LogP contribution in [0.15, 0.2) is 29.2 Å². The molecule has 0 spiro atoms. The summed E-state index contributed by atoms with van der Waals surface area (Å²) in [5.41, 5.74) is 0.711. The molecule has 0 aliphatic carbocycles. The van der Waals surface area contributed by atoms with E-state index in [4.69, 9.17) is 5.11 Å². The van der Waals surface area contributed by atoms with Gasteiger partial charge >= 0.3 is 12.0 Å². The number of carbonyl (C=O) groups excluding carboxylic acids is 1. The van der Waals surface area contributed by atoms with Crippen molar-refractivity contribution < 1.29 is 14.7 Å². The van der Waals surface area contributed by atoms with Crippen molar-refractivity contribution in [2.75, 3.05) is 11.6 Å². The molecular formula is C13H18N2O3S. The van der Waals surface area contributed by atoms with Crippen molar-refractivity contribution in [2.45, 2.75) is 24.8 Å². The van der Waals surface area contributed by atoms with Gasteiger partial charge in [0.2, 0.25) is 0 Å². The number of hydrogen-bond acceptors (Lipinski definition) is 3. The summed E-state index contributed by atoms with van der Waals surface area (Å²) in [5.74, 6) is -1.57. The highest BCUT2D eigenvalue weighted by molar-refractivity contribution is 7.98. The number of aliphatic carboxylic acids is 1. The van der Waals surface area contributed by atoms with Gasteiger partial charge in [-0.1, -0.05) is 12.1 Å². The highest BCUT2D eigenvalue weighted by atomic mass is 32.2. The molecule has 1 aromatic rings. The molecule has 2 unspecified atom stereocenters.